The van der Waals surface area contributed by atoms with E-state index in [4.69, 9.17) is 0 Å². The average molecular weight is 266 g/mol. The molecule has 0 aromatic carbocycles. The molecule has 4 fully saturated rings. The minimum atomic E-state index is 0.0668. The second-order valence-electron chi connectivity index (χ2n) is 6.85. The lowest BCUT2D eigenvalue weighted by molar-refractivity contribution is -0.252. The second-order valence-corrected chi connectivity index (χ2v) is 6.85. The van der Waals surface area contributed by atoms with Crippen molar-refractivity contribution < 1.29 is 5.11 Å². The molecule has 19 heavy (non-hydrogen) atoms. The van der Waals surface area contributed by atoms with Gasteiger partial charge in [-0.3, -0.25) is 19.6 Å². The van der Waals surface area contributed by atoms with Crippen LogP contribution < -0.4 is 0 Å². The minimum Gasteiger partial charge on any atom is -0.395 e. The lowest BCUT2D eigenvalue weighted by atomic mass is 9.83. The first-order valence-corrected chi connectivity index (χ1v) is 7.75. The number of nitrogens with zero attached hydrogens (tertiary/aromatic N) is 4. The third-order valence-corrected chi connectivity index (χ3v) is 6.49. The molecule has 5 heteroatoms. The molecule has 0 radical (unpaired) electrons. The first-order chi connectivity index (χ1) is 9.12. The van der Waals surface area contributed by atoms with Crippen LogP contribution in [0.25, 0.3) is 0 Å². The molecule has 5 nitrogen and oxygen atoms in total. The van der Waals surface area contributed by atoms with Gasteiger partial charge >= 0.3 is 0 Å². The van der Waals surface area contributed by atoms with E-state index in [2.05, 4.69) is 33.4 Å². The number of rotatable bonds is 1. The topological polar surface area (TPSA) is 33.2 Å². The molecule has 4 aliphatic rings. The van der Waals surface area contributed by atoms with E-state index in [1.165, 1.54) is 26.1 Å². The summed E-state index contributed by atoms with van der Waals surface area (Å²) in [6, 6.07) is 0.325. The zero-order chi connectivity index (χ0) is 13.3. The van der Waals surface area contributed by atoms with Crippen molar-refractivity contribution >= 4 is 0 Å². The average Bonchev–Trinajstić information content (AvgIpc) is 2.70. The first-order valence-electron chi connectivity index (χ1n) is 7.75. The van der Waals surface area contributed by atoms with Gasteiger partial charge in [0.1, 0.15) is 11.3 Å². The lowest BCUT2D eigenvalue weighted by Crippen LogP contribution is -2.85. The summed E-state index contributed by atoms with van der Waals surface area (Å²) in [5, 5.41) is 9.73. The van der Waals surface area contributed by atoms with Crippen molar-refractivity contribution in [1.82, 2.24) is 19.6 Å². The zero-order valence-corrected chi connectivity index (χ0v) is 12.2. The predicted molar refractivity (Wildman–Crippen MR) is 73.7 cm³/mol. The van der Waals surface area contributed by atoms with E-state index in [1.807, 2.05) is 0 Å². The van der Waals surface area contributed by atoms with Gasteiger partial charge < -0.3 is 5.11 Å². The van der Waals surface area contributed by atoms with E-state index >= 15 is 0 Å². The predicted octanol–water partition coefficient (Wildman–Crippen LogP) is -0.568. The Balaban J connectivity index is 1.81. The molecule has 4 saturated heterocycles. The van der Waals surface area contributed by atoms with Gasteiger partial charge in [0.15, 0.2) is 0 Å². The van der Waals surface area contributed by atoms with Crippen LogP contribution in [0.2, 0.25) is 0 Å². The zero-order valence-electron chi connectivity index (χ0n) is 12.2. The van der Waals surface area contributed by atoms with Crippen LogP contribution in [0.5, 0.6) is 0 Å². The third-order valence-electron chi connectivity index (χ3n) is 6.49. The Morgan fingerprint density at radius 3 is 2.21 bits per heavy atom. The summed E-state index contributed by atoms with van der Waals surface area (Å²) < 4.78 is 0. The van der Waals surface area contributed by atoms with Crippen molar-refractivity contribution in [2.75, 3.05) is 52.4 Å². The van der Waals surface area contributed by atoms with E-state index in [-0.39, 0.29) is 11.3 Å². The van der Waals surface area contributed by atoms with E-state index in [9.17, 15) is 5.11 Å². The minimum absolute atomic E-state index is 0.0668. The monoisotopic (exact) mass is 266 g/mol. The van der Waals surface area contributed by atoms with Crippen molar-refractivity contribution in [3.8, 4) is 0 Å². The maximum Gasteiger partial charge on any atom is 0.104 e. The maximum atomic E-state index is 9.73. The van der Waals surface area contributed by atoms with Crippen LogP contribution in [0.1, 0.15) is 20.3 Å². The highest BCUT2D eigenvalue weighted by Crippen LogP contribution is 2.49. The summed E-state index contributed by atoms with van der Waals surface area (Å²) in [5.74, 6) is 0. The van der Waals surface area contributed by atoms with Gasteiger partial charge in [-0.25, -0.2) is 0 Å². The van der Waals surface area contributed by atoms with Gasteiger partial charge in [0.05, 0.1) is 6.61 Å². The molecule has 4 rings (SSSR count). The van der Waals surface area contributed by atoms with Crippen LogP contribution >= 0.6 is 0 Å². The second kappa shape index (κ2) is 3.92. The van der Waals surface area contributed by atoms with E-state index < -0.39 is 0 Å². The SMILES string of the molecule is C[C@]12N3CCCN1CCN1C(CO)CN(CC3)[C@]12C. The van der Waals surface area contributed by atoms with Crippen LogP contribution in [0.4, 0.5) is 0 Å². The molecule has 0 amide bonds. The Morgan fingerprint density at radius 1 is 0.895 bits per heavy atom. The van der Waals surface area contributed by atoms with E-state index in [0.717, 1.165) is 26.2 Å². The van der Waals surface area contributed by atoms with Crippen molar-refractivity contribution in [2.24, 2.45) is 0 Å². The molecule has 0 spiro atoms. The third kappa shape index (κ3) is 1.29. The van der Waals surface area contributed by atoms with Crippen LogP contribution in [0, 0.1) is 0 Å². The van der Waals surface area contributed by atoms with Gasteiger partial charge in [-0.15, -0.1) is 0 Å². The number of piperazine rings is 2. The van der Waals surface area contributed by atoms with E-state index in [0.29, 0.717) is 12.6 Å². The van der Waals surface area contributed by atoms with Crippen molar-refractivity contribution in [1.29, 1.82) is 0 Å². The van der Waals surface area contributed by atoms with Crippen LogP contribution in [0.3, 0.4) is 0 Å². The fraction of sp³-hybridized carbons (Fsp3) is 1.00. The normalized spacial score (nSPS) is 48.5. The number of aliphatic hydroxyl groups excluding tert-OH is 1. The van der Waals surface area contributed by atoms with Crippen LogP contribution in [-0.4, -0.2) is 94.5 Å². The molecular weight excluding hydrogens is 240 g/mol. The highest BCUT2D eigenvalue weighted by atomic mass is 16.3. The van der Waals surface area contributed by atoms with Crippen molar-refractivity contribution in [2.45, 2.75) is 37.6 Å². The molecule has 4 aliphatic heterocycles. The van der Waals surface area contributed by atoms with Crippen LogP contribution in [0.15, 0.2) is 0 Å². The highest BCUT2D eigenvalue weighted by Gasteiger charge is 2.67. The molecule has 1 N–H and O–H groups in total. The van der Waals surface area contributed by atoms with Gasteiger partial charge in [0.2, 0.25) is 0 Å². The summed E-state index contributed by atoms with van der Waals surface area (Å²) >= 11 is 0. The molecule has 3 atom stereocenters. The fourth-order valence-electron chi connectivity index (χ4n) is 5.32. The first kappa shape index (κ1) is 12.5. The summed E-state index contributed by atoms with van der Waals surface area (Å²) in [4.78, 5) is 10.6. The molecule has 0 aromatic heterocycles. The molecule has 4 heterocycles. The highest BCUT2D eigenvalue weighted by molar-refractivity contribution is 5.18. The summed E-state index contributed by atoms with van der Waals surface area (Å²) in [7, 11) is 0. The number of hydrogen-bond donors (Lipinski definition) is 1. The van der Waals surface area contributed by atoms with Gasteiger partial charge in [0, 0.05) is 51.9 Å². The largest absolute Gasteiger partial charge is 0.395 e. The number of aliphatic hydroxyl groups is 1. The smallest absolute Gasteiger partial charge is 0.104 e. The van der Waals surface area contributed by atoms with Crippen LogP contribution in [-0.2, 0) is 0 Å². The quantitative estimate of drug-likeness (QED) is 0.687. The molecule has 0 saturated carbocycles. The Bertz CT molecular complexity index is 384. The summed E-state index contributed by atoms with van der Waals surface area (Å²) in [6.45, 7) is 13.2. The van der Waals surface area contributed by atoms with Gasteiger partial charge in [-0.2, -0.15) is 0 Å². The maximum absolute atomic E-state index is 9.73. The lowest BCUT2D eigenvalue weighted by Gasteiger charge is -2.69. The summed E-state index contributed by atoms with van der Waals surface area (Å²) in [5.41, 5.74) is 0.184. The van der Waals surface area contributed by atoms with E-state index in [1.54, 1.807) is 0 Å². The Morgan fingerprint density at radius 2 is 1.53 bits per heavy atom. The van der Waals surface area contributed by atoms with Crippen molar-refractivity contribution in [3.63, 3.8) is 0 Å². The van der Waals surface area contributed by atoms with Gasteiger partial charge in [0.25, 0.3) is 0 Å². The van der Waals surface area contributed by atoms with Gasteiger partial charge in [-0.1, -0.05) is 0 Å². The molecule has 0 aromatic rings. The standard InChI is InChI=1S/C14H26N4O/c1-13-14(2)17-7-6-15(13)4-3-5-16(13)8-9-18(14)12(10-17)11-19/h12,19H,3-11H2,1-2H3/t12?,13-,14+/m0/s1. The number of hydrogen-bond acceptors (Lipinski definition) is 5. The molecule has 108 valence electrons. The molecule has 1 unspecified atom stereocenters. The molecule has 0 aliphatic carbocycles. The Hall–Kier alpha value is -0.200. The molecular formula is C14H26N4O. The summed E-state index contributed by atoms with van der Waals surface area (Å²) in [6.07, 6.45) is 1.30. The Labute approximate surface area is 115 Å². The Kier molecular flexibility index (Phi) is 2.59. The fourth-order valence-corrected chi connectivity index (χ4v) is 5.32. The van der Waals surface area contributed by atoms with Crippen molar-refractivity contribution in [3.05, 3.63) is 0 Å². The molecule has 0 bridgehead atoms. The van der Waals surface area contributed by atoms with Gasteiger partial charge in [-0.05, 0) is 20.3 Å².